The molecule has 0 aliphatic carbocycles. The Bertz CT molecular complexity index is 1470. The van der Waals surface area contributed by atoms with Crippen molar-refractivity contribution in [1.82, 2.24) is 10.2 Å². The lowest BCUT2D eigenvalue weighted by atomic mass is 9.67. The third kappa shape index (κ3) is 5.23. The van der Waals surface area contributed by atoms with Gasteiger partial charge in [0, 0.05) is 18.7 Å². The highest BCUT2D eigenvalue weighted by Crippen LogP contribution is 2.48. The summed E-state index contributed by atoms with van der Waals surface area (Å²) in [5, 5.41) is 12.8. The first-order valence-electron chi connectivity index (χ1n) is 13.5. The maximum absolute atomic E-state index is 14.3. The highest BCUT2D eigenvalue weighted by Gasteiger charge is 2.53. The Morgan fingerprint density at radius 2 is 1.52 bits per heavy atom. The molecule has 4 aromatic rings. The molecule has 2 N–H and O–H groups in total. The molecule has 0 saturated carbocycles. The number of ether oxygens (including phenoxy) is 1. The Morgan fingerprint density at radius 3 is 2.20 bits per heavy atom. The van der Waals surface area contributed by atoms with Gasteiger partial charge in [-0.05, 0) is 59.4 Å². The van der Waals surface area contributed by atoms with Crippen LogP contribution in [0.5, 0.6) is 5.75 Å². The van der Waals surface area contributed by atoms with Crippen LogP contribution < -0.4 is 10.1 Å². The van der Waals surface area contributed by atoms with Crippen molar-refractivity contribution in [3.8, 4) is 5.75 Å². The molecule has 2 atom stereocenters. The van der Waals surface area contributed by atoms with E-state index < -0.39 is 11.5 Å². The second-order valence-electron chi connectivity index (χ2n) is 10.3. The predicted molar refractivity (Wildman–Crippen MR) is 155 cm³/mol. The SMILES string of the molecule is COc1ccc(CCNC(=O)[C@@]2(C)c3ccccc3C(=O)N(Cc3ccccc3)[C@H]2c2ccc(CO)cc2)cc1. The van der Waals surface area contributed by atoms with Crippen LogP contribution in [0, 0.1) is 0 Å². The molecule has 1 aliphatic rings. The summed E-state index contributed by atoms with van der Waals surface area (Å²) in [5.41, 5.74) is 3.86. The minimum Gasteiger partial charge on any atom is -0.497 e. The van der Waals surface area contributed by atoms with E-state index in [1.165, 1.54) is 0 Å². The van der Waals surface area contributed by atoms with Crippen LogP contribution in [-0.4, -0.2) is 35.5 Å². The summed E-state index contributed by atoms with van der Waals surface area (Å²) in [5.74, 6) is 0.534. The van der Waals surface area contributed by atoms with Crippen LogP contribution in [0.1, 0.15) is 51.1 Å². The van der Waals surface area contributed by atoms with Crippen LogP contribution in [-0.2, 0) is 29.8 Å². The molecule has 0 aromatic heterocycles. The van der Waals surface area contributed by atoms with Crippen LogP contribution in [0.2, 0.25) is 0 Å². The first-order valence-corrected chi connectivity index (χ1v) is 13.5. The predicted octanol–water partition coefficient (Wildman–Crippen LogP) is 5.20. The molecule has 0 radical (unpaired) electrons. The van der Waals surface area contributed by atoms with Crippen molar-refractivity contribution in [2.24, 2.45) is 0 Å². The van der Waals surface area contributed by atoms with Crippen molar-refractivity contribution in [2.45, 2.75) is 38.0 Å². The number of nitrogens with zero attached hydrogens (tertiary/aromatic N) is 1. The van der Waals surface area contributed by atoms with E-state index in [1.807, 2.05) is 115 Å². The molecule has 5 rings (SSSR count). The molecule has 2 amide bonds. The lowest BCUT2D eigenvalue weighted by Gasteiger charge is -2.48. The maximum Gasteiger partial charge on any atom is 0.255 e. The van der Waals surface area contributed by atoms with Crippen molar-refractivity contribution in [1.29, 1.82) is 0 Å². The van der Waals surface area contributed by atoms with Gasteiger partial charge in [-0.1, -0.05) is 84.9 Å². The fraction of sp³-hybridized carbons (Fsp3) is 0.235. The number of methoxy groups -OCH3 is 1. The zero-order chi connectivity index (χ0) is 28.1. The summed E-state index contributed by atoms with van der Waals surface area (Å²) in [6.45, 7) is 2.66. The Kier molecular flexibility index (Phi) is 7.99. The van der Waals surface area contributed by atoms with Crippen LogP contribution in [0.15, 0.2) is 103 Å². The Morgan fingerprint density at radius 1 is 0.875 bits per heavy atom. The van der Waals surface area contributed by atoms with Crippen LogP contribution in [0.4, 0.5) is 0 Å². The highest BCUT2D eigenvalue weighted by molar-refractivity contribution is 6.03. The number of carbonyl (C=O) groups is 2. The average Bonchev–Trinajstić information content (AvgIpc) is 3.01. The molecule has 4 aromatic carbocycles. The van der Waals surface area contributed by atoms with Gasteiger partial charge in [-0.3, -0.25) is 9.59 Å². The van der Waals surface area contributed by atoms with E-state index in [0.717, 1.165) is 28.0 Å². The van der Waals surface area contributed by atoms with Gasteiger partial charge >= 0.3 is 0 Å². The minimum absolute atomic E-state index is 0.0798. The smallest absolute Gasteiger partial charge is 0.255 e. The molecule has 204 valence electrons. The number of hydrogen-bond acceptors (Lipinski definition) is 4. The number of aliphatic hydroxyl groups is 1. The van der Waals surface area contributed by atoms with Crippen LogP contribution in [0.25, 0.3) is 0 Å². The standard InChI is InChI=1S/C34H34N2O4/c1-34(33(39)35-21-20-24-14-18-28(40-2)19-15-24)30-11-7-6-10-29(30)32(38)36(22-25-8-4-3-5-9-25)31(34)27-16-12-26(23-37)13-17-27/h3-19,31,37H,20-23H2,1-2H3,(H,35,39)/t31-,34-/m0/s1. The molecule has 0 spiro atoms. The van der Waals surface area contributed by atoms with Crippen molar-refractivity contribution in [2.75, 3.05) is 13.7 Å². The van der Waals surface area contributed by atoms with E-state index in [2.05, 4.69) is 5.32 Å². The molecule has 0 saturated heterocycles. The van der Waals surface area contributed by atoms with Crippen LogP contribution in [0.3, 0.4) is 0 Å². The number of fused-ring (bicyclic) bond motifs is 1. The quantitative estimate of drug-likeness (QED) is 0.309. The zero-order valence-corrected chi connectivity index (χ0v) is 22.8. The molecule has 0 bridgehead atoms. The molecule has 1 heterocycles. The number of aliphatic hydroxyl groups excluding tert-OH is 1. The van der Waals surface area contributed by atoms with Gasteiger partial charge < -0.3 is 20.1 Å². The number of benzene rings is 4. The molecule has 0 fully saturated rings. The first-order chi connectivity index (χ1) is 19.5. The fourth-order valence-electron chi connectivity index (χ4n) is 5.66. The summed E-state index contributed by atoms with van der Waals surface area (Å²) in [7, 11) is 1.64. The van der Waals surface area contributed by atoms with Gasteiger partial charge in [0.15, 0.2) is 0 Å². The monoisotopic (exact) mass is 534 g/mol. The van der Waals surface area contributed by atoms with Gasteiger partial charge in [0.2, 0.25) is 5.91 Å². The van der Waals surface area contributed by atoms with Crippen molar-refractivity contribution >= 4 is 11.8 Å². The largest absolute Gasteiger partial charge is 0.497 e. The van der Waals surface area contributed by atoms with E-state index in [-0.39, 0.29) is 18.4 Å². The average molecular weight is 535 g/mol. The third-order valence-electron chi connectivity index (χ3n) is 7.84. The van der Waals surface area contributed by atoms with E-state index >= 15 is 0 Å². The van der Waals surface area contributed by atoms with Crippen molar-refractivity contribution in [3.05, 3.63) is 137 Å². The highest BCUT2D eigenvalue weighted by atomic mass is 16.5. The Balaban J connectivity index is 1.54. The lowest BCUT2D eigenvalue weighted by Crippen LogP contribution is -2.57. The van der Waals surface area contributed by atoms with Gasteiger partial charge in [0.25, 0.3) is 5.91 Å². The van der Waals surface area contributed by atoms with Crippen LogP contribution >= 0.6 is 0 Å². The second kappa shape index (κ2) is 11.8. The van der Waals surface area contributed by atoms with Gasteiger partial charge in [-0.15, -0.1) is 0 Å². The number of rotatable bonds is 9. The van der Waals surface area contributed by atoms with E-state index in [1.54, 1.807) is 7.11 Å². The Hall–Kier alpha value is -4.42. The maximum atomic E-state index is 14.3. The van der Waals surface area contributed by atoms with Gasteiger partial charge in [-0.25, -0.2) is 0 Å². The third-order valence-corrected chi connectivity index (χ3v) is 7.84. The summed E-state index contributed by atoms with van der Waals surface area (Å²) < 4.78 is 5.25. The van der Waals surface area contributed by atoms with E-state index in [9.17, 15) is 14.7 Å². The van der Waals surface area contributed by atoms with E-state index in [0.29, 0.717) is 30.6 Å². The lowest BCUT2D eigenvalue weighted by molar-refractivity contribution is -0.129. The van der Waals surface area contributed by atoms with Gasteiger partial charge in [-0.2, -0.15) is 0 Å². The summed E-state index contributed by atoms with van der Waals surface area (Å²) in [4.78, 5) is 30.1. The second-order valence-corrected chi connectivity index (χ2v) is 10.3. The zero-order valence-electron chi connectivity index (χ0n) is 22.8. The summed E-state index contributed by atoms with van der Waals surface area (Å²) in [6, 6.07) is 32.0. The minimum atomic E-state index is -1.07. The fourth-order valence-corrected chi connectivity index (χ4v) is 5.66. The molecule has 6 heteroatoms. The van der Waals surface area contributed by atoms with E-state index in [4.69, 9.17) is 4.74 Å². The van der Waals surface area contributed by atoms with Crippen molar-refractivity contribution in [3.63, 3.8) is 0 Å². The molecular weight excluding hydrogens is 500 g/mol. The summed E-state index contributed by atoms with van der Waals surface area (Å²) in [6.07, 6.45) is 0.663. The molecule has 40 heavy (non-hydrogen) atoms. The molecule has 1 aliphatic heterocycles. The number of hydrogen-bond donors (Lipinski definition) is 2. The number of amides is 2. The molecular formula is C34H34N2O4. The Labute approximate surface area is 235 Å². The summed E-state index contributed by atoms with van der Waals surface area (Å²) >= 11 is 0. The number of carbonyl (C=O) groups excluding carboxylic acids is 2. The number of nitrogens with one attached hydrogen (secondary N) is 1. The van der Waals surface area contributed by atoms with Gasteiger partial charge in [0.05, 0.1) is 25.2 Å². The van der Waals surface area contributed by atoms with Gasteiger partial charge in [0.1, 0.15) is 5.75 Å². The first kappa shape index (κ1) is 27.2. The normalized spacial score (nSPS) is 18.2. The molecule has 0 unspecified atom stereocenters. The topological polar surface area (TPSA) is 78.9 Å². The van der Waals surface area contributed by atoms with Crippen molar-refractivity contribution < 1.29 is 19.4 Å². The molecule has 6 nitrogen and oxygen atoms in total.